The largest absolute Gasteiger partial charge is 0.289 e. The van der Waals surface area contributed by atoms with E-state index in [-0.39, 0.29) is 16.4 Å². The summed E-state index contributed by atoms with van der Waals surface area (Å²) in [6.07, 6.45) is 3.43. The van der Waals surface area contributed by atoms with Crippen molar-refractivity contribution in [3.05, 3.63) is 70.0 Å². The Morgan fingerprint density at radius 1 is 1.05 bits per heavy atom. The van der Waals surface area contributed by atoms with Crippen molar-refractivity contribution >= 4 is 17.4 Å². The molecule has 0 radical (unpaired) electrons. The number of carbonyl (C=O) groups is 1. The van der Waals surface area contributed by atoms with Crippen LogP contribution in [0.1, 0.15) is 46.7 Å². The third-order valence-corrected chi connectivity index (χ3v) is 4.33. The Morgan fingerprint density at radius 2 is 1.75 bits per heavy atom. The Kier molecular flexibility index (Phi) is 3.58. The fourth-order valence-electron chi connectivity index (χ4n) is 2.60. The third kappa shape index (κ3) is 2.25. The van der Waals surface area contributed by atoms with E-state index in [0.29, 0.717) is 11.5 Å². The van der Waals surface area contributed by atoms with Crippen LogP contribution < -0.4 is 0 Å². The van der Waals surface area contributed by atoms with Gasteiger partial charge in [0.15, 0.2) is 5.78 Å². The van der Waals surface area contributed by atoms with Gasteiger partial charge in [-0.15, -0.1) is 0 Å². The molecule has 20 heavy (non-hydrogen) atoms. The molecule has 2 aromatic carbocycles. The van der Waals surface area contributed by atoms with Crippen LogP contribution in [0.3, 0.4) is 0 Å². The molecule has 0 bridgehead atoms. The van der Waals surface area contributed by atoms with Crippen molar-refractivity contribution in [2.75, 3.05) is 0 Å². The van der Waals surface area contributed by atoms with Gasteiger partial charge in [-0.2, -0.15) is 0 Å². The van der Waals surface area contributed by atoms with Crippen LogP contribution in [-0.4, -0.2) is 5.78 Å². The predicted octanol–water partition coefficient (Wildman–Crippen LogP) is 4.98. The van der Waals surface area contributed by atoms with Gasteiger partial charge in [0.1, 0.15) is 5.82 Å². The van der Waals surface area contributed by atoms with E-state index >= 15 is 0 Å². The van der Waals surface area contributed by atoms with Crippen molar-refractivity contribution in [3.63, 3.8) is 0 Å². The second-order valence-corrected chi connectivity index (χ2v) is 5.52. The maximum atomic E-state index is 13.5. The second kappa shape index (κ2) is 5.37. The molecule has 3 rings (SSSR count). The molecule has 1 nitrogen and oxygen atoms in total. The minimum Gasteiger partial charge on any atom is -0.289 e. The fraction of sp³-hybridized carbons (Fsp3) is 0.235. The summed E-state index contributed by atoms with van der Waals surface area (Å²) in [6, 6.07) is 11.9. The Hall–Kier alpha value is -1.67. The SMILES string of the molecule is O=C(c1ccccc1C1CCC1)c1cccc(F)c1Cl. The number of benzene rings is 2. The van der Waals surface area contributed by atoms with Gasteiger partial charge in [0.25, 0.3) is 0 Å². The molecule has 0 aromatic heterocycles. The molecule has 1 saturated carbocycles. The van der Waals surface area contributed by atoms with Crippen LogP contribution in [0, 0.1) is 5.82 Å². The normalized spacial score (nSPS) is 14.9. The Labute approximate surface area is 122 Å². The molecule has 0 aliphatic heterocycles. The molecule has 3 heteroatoms. The van der Waals surface area contributed by atoms with Crippen LogP contribution in [0.2, 0.25) is 5.02 Å². The molecule has 102 valence electrons. The van der Waals surface area contributed by atoms with Crippen molar-refractivity contribution in [1.82, 2.24) is 0 Å². The van der Waals surface area contributed by atoms with E-state index < -0.39 is 5.82 Å². The number of hydrogen-bond acceptors (Lipinski definition) is 1. The molecular formula is C17H14ClFO. The topological polar surface area (TPSA) is 17.1 Å². The van der Waals surface area contributed by atoms with Gasteiger partial charge < -0.3 is 0 Å². The first kappa shape index (κ1) is 13.3. The molecule has 0 N–H and O–H groups in total. The summed E-state index contributed by atoms with van der Waals surface area (Å²) >= 11 is 5.92. The standard InChI is InChI=1S/C17H14ClFO/c18-16-14(9-4-10-15(16)19)17(20)13-8-2-1-7-12(13)11-5-3-6-11/h1-2,4,7-11H,3,5-6H2. The molecule has 1 aliphatic carbocycles. The first-order chi connectivity index (χ1) is 9.68. The summed E-state index contributed by atoms with van der Waals surface area (Å²) in [5.74, 6) is -0.307. The lowest BCUT2D eigenvalue weighted by Crippen LogP contribution is -2.14. The van der Waals surface area contributed by atoms with E-state index in [1.807, 2.05) is 18.2 Å². The van der Waals surface area contributed by atoms with Gasteiger partial charge in [-0.25, -0.2) is 4.39 Å². The lowest BCUT2D eigenvalue weighted by atomic mass is 9.77. The maximum absolute atomic E-state index is 13.5. The summed E-state index contributed by atoms with van der Waals surface area (Å²) in [5.41, 5.74) is 1.94. The van der Waals surface area contributed by atoms with Crippen LogP contribution in [0.25, 0.3) is 0 Å². The van der Waals surface area contributed by atoms with Crippen LogP contribution in [0.5, 0.6) is 0 Å². The van der Waals surface area contributed by atoms with Gasteiger partial charge in [0, 0.05) is 11.1 Å². The molecule has 2 aromatic rings. The quantitative estimate of drug-likeness (QED) is 0.728. The van der Waals surface area contributed by atoms with Crippen LogP contribution in [0.4, 0.5) is 4.39 Å². The summed E-state index contributed by atoms with van der Waals surface area (Å²) in [4.78, 5) is 12.6. The van der Waals surface area contributed by atoms with E-state index in [1.165, 1.54) is 18.6 Å². The summed E-state index contributed by atoms with van der Waals surface area (Å²) in [7, 11) is 0. The van der Waals surface area contributed by atoms with Crippen molar-refractivity contribution in [3.8, 4) is 0 Å². The minimum absolute atomic E-state index is 0.0964. The number of carbonyl (C=O) groups excluding carboxylic acids is 1. The molecule has 0 atom stereocenters. The molecular weight excluding hydrogens is 275 g/mol. The Bertz CT molecular complexity index is 662. The monoisotopic (exact) mass is 288 g/mol. The second-order valence-electron chi connectivity index (χ2n) is 5.15. The van der Waals surface area contributed by atoms with Gasteiger partial charge in [-0.1, -0.05) is 48.4 Å². The molecule has 0 spiro atoms. The highest BCUT2D eigenvalue weighted by atomic mass is 35.5. The third-order valence-electron chi connectivity index (χ3n) is 3.95. The molecule has 0 heterocycles. The van der Waals surface area contributed by atoms with Gasteiger partial charge >= 0.3 is 0 Å². The van der Waals surface area contributed by atoms with E-state index in [4.69, 9.17) is 11.6 Å². The molecule has 1 aliphatic rings. The lowest BCUT2D eigenvalue weighted by Gasteiger charge is -2.27. The first-order valence-electron chi connectivity index (χ1n) is 6.76. The number of halogens is 2. The van der Waals surface area contributed by atoms with Crippen LogP contribution >= 0.6 is 11.6 Å². The van der Waals surface area contributed by atoms with Gasteiger partial charge in [0.05, 0.1) is 5.02 Å². The number of ketones is 1. The highest BCUT2D eigenvalue weighted by molar-refractivity contribution is 6.35. The smallest absolute Gasteiger partial charge is 0.194 e. The minimum atomic E-state index is -0.557. The summed E-state index contributed by atoms with van der Waals surface area (Å²) < 4.78 is 13.5. The van der Waals surface area contributed by atoms with E-state index in [2.05, 4.69) is 0 Å². The predicted molar refractivity (Wildman–Crippen MR) is 77.9 cm³/mol. The van der Waals surface area contributed by atoms with Crippen molar-refractivity contribution in [2.45, 2.75) is 25.2 Å². The zero-order valence-corrected chi connectivity index (χ0v) is 11.7. The van der Waals surface area contributed by atoms with E-state index in [0.717, 1.165) is 18.4 Å². The first-order valence-corrected chi connectivity index (χ1v) is 7.14. The van der Waals surface area contributed by atoms with Crippen LogP contribution in [0.15, 0.2) is 42.5 Å². The molecule has 0 amide bonds. The number of hydrogen-bond donors (Lipinski definition) is 0. The zero-order valence-electron chi connectivity index (χ0n) is 10.9. The number of rotatable bonds is 3. The van der Waals surface area contributed by atoms with Gasteiger partial charge in [-0.3, -0.25) is 4.79 Å². The average molecular weight is 289 g/mol. The van der Waals surface area contributed by atoms with Gasteiger partial charge in [0.2, 0.25) is 0 Å². The molecule has 0 saturated heterocycles. The fourth-order valence-corrected chi connectivity index (χ4v) is 2.82. The highest BCUT2D eigenvalue weighted by Crippen LogP contribution is 2.38. The summed E-state index contributed by atoms with van der Waals surface area (Å²) in [5, 5.41) is -0.0964. The van der Waals surface area contributed by atoms with Crippen molar-refractivity contribution < 1.29 is 9.18 Å². The van der Waals surface area contributed by atoms with Crippen molar-refractivity contribution in [1.29, 1.82) is 0 Å². The maximum Gasteiger partial charge on any atom is 0.194 e. The zero-order chi connectivity index (χ0) is 14.1. The molecule has 0 unspecified atom stereocenters. The Balaban J connectivity index is 2.04. The summed E-state index contributed by atoms with van der Waals surface area (Å²) in [6.45, 7) is 0. The van der Waals surface area contributed by atoms with E-state index in [9.17, 15) is 9.18 Å². The van der Waals surface area contributed by atoms with Gasteiger partial charge in [-0.05, 0) is 36.5 Å². The van der Waals surface area contributed by atoms with E-state index in [1.54, 1.807) is 12.1 Å². The Morgan fingerprint density at radius 3 is 2.45 bits per heavy atom. The highest BCUT2D eigenvalue weighted by Gasteiger charge is 2.25. The molecule has 1 fully saturated rings. The lowest BCUT2D eigenvalue weighted by molar-refractivity contribution is 0.103. The van der Waals surface area contributed by atoms with Crippen LogP contribution in [-0.2, 0) is 0 Å². The average Bonchev–Trinajstić information content (AvgIpc) is 2.40. The van der Waals surface area contributed by atoms with Crippen molar-refractivity contribution in [2.24, 2.45) is 0 Å².